The van der Waals surface area contributed by atoms with E-state index in [-0.39, 0.29) is 11.7 Å². The average Bonchev–Trinajstić information content (AvgIpc) is 2.65. The van der Waals surface area contributed by atoms with Crippen molar-refractivity contribution in [2.24, 2.45) is 21.5 Å². The molecular formula is C20H26N8O. The zero-order chi connectivity index (χ0) is 20.8. The van der Waals surface area contributed by atoms with Crippen molar-refractivity contribution in [1.29, 1.82) is 0 Å². The predicted octanol–water partition coefficient (Wildman–Crippen LogP) is 1.99. The van der Waals surface area contributed by atoms with Crippen molar-refractivity contribution in [3.63, 3.8) is 0 Å². The van der Waals surface area contributed by atoms with E-state index in [0.717, 1.165) is 30.9 Å². The van der Waals surface area contributed by atoms with E-state index in [1.165, 1.54) is 6.42 Å². The highest BCUT2D eigenvalue weighted by molar-refractivity contribution is 6.08. The molecule has 1 aliphatic heterocycles. The smallest absolute Gasteiger partial charge is 0.213 e. The lowest BCUT2D eigenvalue weighted by atomic mass is 10.1. The average molecular weight is 394 g/mol. The van der Waals surface area contributed by atoms with Crippen molar-refractivity contribution >= 4 is 23.2 Å². The highest BCUT2D eigenvalue weighted by Gasteiger charge is 2.16. The van der Waals surface area contributed by atoms with E-state index in [1.807, 2.05) is 18.3 Å². The molecule has 3 heterocycles. The Hall–Kier alpha value is -3.46. The van der Waals surface area contributed by atoms with Gasteiger partial charge in [0.25, 0.3) is 0 Å². The molecule has 0 saturated carbocycles. The Bertz CT molecular complexity index is 932. The molecule has 0 atom stereocenters. The molecule has 1 fully saturated rings. The molecule has 0 spiro atoms. The number of nitrogens with zero attached hydrogens (tertiary/aromatic N) is 5. The Labute approximate surface area is 170 Å². The first-order valence-corrected chi connectivity index (χ1v) is 9.27. The fourth-order valence-corrected chi connectivity index (χ4v) is 2.87. The summed E-state index contributed by atoms with van der Waals surface area (Å²) in [5.41, 5.74) is 14.3. The Balaban J connectivity index is 1.92. The summed E-state index contributed by atoms with van der Waals surface area (Å²) < 4.78 is 5.10. The monoisotopic (exact) mass is 394 g/mol. The number of anilines is 2. The molecule has 0 aromatic carbocycles. The number of ether oxygens (including phenoxy) is 1. The Morgan fingerprint density at radius 1 is 1.24 bits per heavy atom. The topological polar surface area (TPSA) is 127 Å². The fourth-order valence-electron chi connectivity index (χ4n) is 2.87. The van der Waals surface area contributed by atoms with E-state index >= 15 is 0 Å². The summed E-state index contributed by atoms with van der Waals surface area (Å²) in [4.78, 5) is 19.5. The SMILES string of the molecule is C=C(N)/N=C(C)\N=C(/N)c1cc(CN2CCC2)cnc1Nc1ccc(OC)nc1. The third kappa shape index (κ3) is 5.52. The van der Waals surface area contributed by atoms with Gasteiger partial charge >= 0.3 is 0 Å². The summed E-state index contributed by atoms with van der Waals surface area (Å²) in [6, 6.07) is 5.61. The molecular weight excluding hydrogens is 368 g/mol. The molecule has 0 unspecified atom stereocenters. The summed E-state index contributed by atoms with van der Waals surface area (Å²) in [7, 11) is 1.57. The summed E-state index contributed by atoms with van der Waals surface area (Å²) in [5, 5.41) is 3.24. The Morgan fingerprint density at radius 2 is 2.03 bits per heavy atom. The van der Waals surface area contributed by atoms with E-state index in [1.54, 1.807) is 26.3 Å². The van der Waals surface area contributed by atoms with Gasteiger partial charge in [-0.2, -0.15) is 0 Å². The number of hydrogen-bond donors (Lipinski definition) is 3. The van der Waals surface area contributed by atoms with E-state index in [4.69, 9.17) is 16.2 Å². The maximum atomic E-state index is 6.29. The predicted molar refractivity (Wildman–Crippen MR) is 115 cm³/mol. The van der Waals surface area contributed by atoms with Gasteiger partial charge in [-0.05, 0) is 44.1 Å². The van der Waals surface area contributed by atoms with E-state index < -0.39 is 0 Å². The van der Waals surface area contributed by atoms with Crippen LogP contribution in [-0.4, -0.2) is 46.7 Å². The molecule has 1 saturated heterocycles. The minimum absolute atomic E-state index is 0.173. The van der Waals surface area contributed by atoms with Crippen LogP contribution in [0, 0.1) is 0 Å². The second kappa shape index (κ2) is 9.16. The molecule has 9 heteroatoms. The van der Waals surface area contributed by atoms with Crippen molar-refractivity contribution in [2.45, 2.75) is 19.9 Å². The number of amidine groups is 2. The summed E-state index contributed by atoms with van der Waals surface area (Å²) >= 11 is 0. The lowest BCUT2D eigenvalue weighted by molar-refractivity contribution is 0.172. The standard InChI is InChI=1S/C20H26N8O/c1-13(21)25-14(2)26-19(22)17-9-15(12-28-7-4-8-28)10-24-20(17)27-16-5-6-18(29-3)23-11-16/h5-6,9-11H,1,4,7-8,12,21H2,2-3H3,(H,24,27)(H2,22,25,26). The number of methoxy groups -OCH3 is 1. The van der Waals surface area contributed by atoms with Crippen molar-refractivity contribution in [1.82, 2.24) is 14.9 Å². The van der Waals surface area contributed by atoms with Crippen molar-refractivity contribution in [3.8, 4) is 5.88 Å². The van der Waals surface area contributed by atoms with Gasteiger partial charge in [-0.1, -0.05) is 6.58 Å². The quantitative estimate of drug-likeness (QED) is 0.484. The van der Waals surface area contributed by atoms with Gasteiger partial charge in [0, 0.05) is 18.8 Å². The first-order chi connectivity index (χ1) is 13.9. The van der Waals surface area contributed by atoms with Crippen LogP contribution in [0.4, 0.5) is 11.5 Å². The molecule has 2 aromatic rings. The van der Waals surface area contributed by atoms with Gasteiger partial charge in [0.2, 0.25) is 5.88 Å². The number of rotatable bonds is 7. The molecule has 2 aromatic heterocycles. The summed E-state index contributed by atoms with van der Waals surface area (Å²) in [6.07, 6.45) is 4.74. The van der Waals surface area contributed by atoms with Gasteiger partial charge < -0.3 is 21.5 Å². The summed E-state index contributed by atoms with van der Waals surface area (Å²) in [5.74, 6) is 1.98. The third-order valence-electron chi connectivity index (χ3n) is 4.37. The van der Waals surface area contributed by atoms with Gasteiger partial charge in [0.1, 0.15) is 23.3 Å². The van der Waals surface area contributed by atoms with Crippen molar-refractivity contribution < 1.29 is 4.74 Å². The van der Waals surface area contributed by atoms with E-state index in [0.29, 0.717) is 23.1 Å². The van der Waals surface area contributed by atoms with Gasteiger partial charge in [-0.3, -0.25) is 4.90 Å². The van der Waals surface area contributed by atoms with Gasteiger partial charge in [-0.15, -0.1) is 0 Å². The summed E-state index contributed by atoms with van der Waals surface area (Å²) in [6.45, 7) is 8.29. The van der Waals surface area contributed by atoms with E-state index in [9.17, 15) is 0 Å². The molecule has 5 N–H and O–H groups in total. The molecule has 0 bridgehead atoms. The Kier molecular flexibility index (Phi) is 6.40. The molecule has 29 heavy (non-hydrogen) atoms. The number of pyridine rings is 2. The zero-order valence-electron chi connectivity index (χ0n) is 16.7. The van der Waals surface area contributed by atoms with Crippen LogP contribution in [0.1, 0.15) is 24.5 Å². The lowest BCUT2D eigenvalue weighted by Gasteiger charge is -2.30. The molecule has 0 aliphatic carbocycles. The first kappa shape index (κ1) is 20.3. The molecule has 3 rings (SSSR count). The molecule has 9 nitrogen and oxygen atoms in total. The number of aromatic nitrogens is 2. The highest BCUT2D eigenvalue weighted by Crippen LogP contribution is 2.22. The fraction of sp³-hybridized carbons (Fsp3) is 0.300. The number of likely N-dealkylation sites (tertiary alicyclic amines) is 1. The second-order valence-corrected chi connectivity index (χ2v) is 6.73. The molecule has 152 valence electrons. The van der Waals surface area contributed by atoms with Gasteiger partial charge in [0.15, 0.2) is 0 Å². The van der Waals surface area contributed by atoms with Crippen LogP contribution in [0.5, 0.6) is 5.88 Å². The van der Waals surface area contributed by atoms with Crippen LogP contribution in [0.2, 0.25) is 0 Å². The maximum absolute atomic E-state index is 6.29. The Morgan fingerprint density at radius 3 is 2.62 bits per heavy atom. The third-order valence-corrected chi connectivity index (χ3v) is 4.37. The van der Waals surface area contributed by atoms with E-state index in [2.05, 4.69) is 36.7 Å². The van der Waals surface area contributed by atoms with Gasteiger partial charge in [-0.25, -0.2) is 20.0 Å². The van der Waals surface area contributed by atoms with Crippen LogP contribution in [-0.2, 0) is 6.54 Å². The molecule has 0 amide bonds. The largest absolute Gasteiger partial charge is 0.481 e. The molecule has 1 aliphatic rings. The first-order valence-electron chi connectivity index (χ1n) is 9.27. The van der Waals surface area contributed by atoms with Crippen LogP contribution in [0.3, 0.4) is 0 Å². The zero-order valence-corrected chi connectivity index (χ0v) is 16.7. The highest BCUT2D eigenvalue weighted by atomic mass is 16.5. The minimum Gasteiger partial charge on any atom is -0.481 e. The lowest BCUT2D eigenvalue weighted by Crippen LogP contribution is -2.36. The number of aliphatic imine (C=N–C) groups is 2. The number of hydrogen-bond acceptors (Lipinski definition) is 7. The normalized spacial score (nSPS) is 15.0. The molecule has 0 radical (unpaired) electrons. The maximum Gasteiger partial charge on any atom is 0.213 e. The van der Waals surface area contributed by atoms with Crippen LogP contribution in [0.15, 0.2) is 53.0 Å². The van der Waals surface area contributed by atoms with Crippen LogP contribution in [0.25, 0.3) is 0 Å². The van der Waals surface area contributed by atoms with Crippen LogP contribution >= 0.6 is 0 Å². The number of nitrogens with one attached hydrogen (secondary N) is 1. The second-order valence-electron chi connectivity index (χ2n) is 6.73. The van der Waals surface area contributed by atoms with Crippen molar-refractivity contribution in [2.75, 3.05) is 25.5 Å². The number of nitrogens with two attached hydrogens (primary N) is 2. The van der Waals surface area contributed by atoms with Crippen LogP contribution < -0.4 is 21.5 Å². The minimum atomic E-state index is 0.173. The van der Waals surface area contributed by atoms with Gasteiger partial charge in [0.05, 0.1) is 24.6 Å². The van der Waals surface area contributed by atoms with Crippen molar-refractivity contribution in [3.05, 3.63) is 54.1 Å².